The summed E-state index contributed by atoms with van der Waals surface area (Å²) in [6.45, 7) is 4.34. The SMILES string of the molecule is CCCCCOCCC/C=C/CC/C=C/CCCO. The Kier molecular flexibility index (Phi) is 16.9. The van der Waals surface area contributed by atoms with Crippen LogP contribution < -0.4 is 0 Å². The lowest BCUT2D eigenvalue weighted by atomic mass is 10.2. The molecule has 112 valence electrons. The maximum atomic E-state index is 8.61. The van der Waals surface area contributed by atoms with Gasteiger partial charge in [-0.15, -0.1) is 0 Å². The van der Waals surface area contributed by atoms with Crippen molar-refractivity contribution in [2.24, 2.45) is 0 Å². The predicted molar refractivity (Wildman–Crippen MR) is 83.4 cm³/mol. The largest absolute Gasteiger partial charge is 0.396 e. The molecule has 0 aromatic carbocycles. The summed E-state index contributed by atoms with van der Waals surface area (Å²) in [5.41, 5.74) is 0. The first kappa shape index (κ1) is 18.4. The lowest BCUT2D eigenvalue weighted by Gasteiger charge is -2.01. The second-order valence-electron chi connectivity index (χ2n) is 4.85. The first-order valence-corrected chi connectivity index (χ1v) is 7.90. The molecule has 0 radical (unpaired) electrons. The second kappa shape index (κ2) is 17.4. The number of allylic oxidation sites excluding steroid dienone is 4. The zero-order valence-corrected chi connectivity index (χ0v) is 12.7. The van der Waals surface area contributed by atoms with Crippen LogP contribution in [0.15, 0.2) is 24.3 Å². The Hall–Kier alpha value is -0.600. The number of aliphatic hydroxyl groups excluding tert-OH is 1. The van der Waals surface area contributed by atoms with Crippen LogP contribution >= 0.6 is 0 Å². The highest BCUT2D eigenvalue weighted by Crippen LogP contribution is 2.00. The molecule has 0 aromatic rings. The van der Waals surface area contributed by atoms with E-state index in [9.17, 15) is 0 Å². The molecule has 0 aromatic heterocycles. The standard InChI is InChI=1S/C17H32O2/c1-2-3-13-16-19-17-14-11-9-7-5-4-6-8-10-12-15-18/h6-9,18H,2-5,10-17H2,1H3/b8-6+,9-7+. The topological polar surface area (TPSA) is 29.5 Å². The van der Waals surface area contributed by atoms with Crippen molar-refractivity contribution in [2.75, 3.05) is 19.8 Å². The molecule has 19 heavy (non-hydrogen) atoms. The fourth-order valence-electron chi connectivity index (χ4n) is 1.73. The molecule has 0 rings (SSSR count). The summed E-state index contributed by atoms with van der Waals surface area (Å²) in [4.78, 5) is 0. The van der Waals surface area contributed by atoms with E-state index < -0.39 is 0 Å². The van der Waals surface area contributed by atoms with Crippen LogP contribution in [0.3, 0.4) is 0 Å². The summed E-state index contributed by atoms with van der Waals surface area (Å²) >= 11 is 0. The number of rotatable bonds is 14. The average molecular weight is 268 g/mol. The van der Waals surface area contributed by atoms with E-state index in [0.717, 1.165) is 51.7 Å². The van der Waals surface area contributed by atoms with Gasteiger partial charge in [-0.05, 0) is 44.9 Å². The first-order chi connectivity index (χ1) is 9.41. The smallest absolute Gasteiger partial charge is 0.0468 e. The quantitative estimate of drug-likeness (QED) is 0.367. The van der Waals surface area contributed by atoms with Gasteiger partial charge in [0.25, 0.3) is 0 Å². The third-order valence-corrected chi connectivity index (χ3v) is 2.91. The molecule has 0 bridgehead atoms. The molecule has 0 spiro atoms. The number of aliphatic hydroxyl groups is 1. The average Bonchev–Trinajstić information content (AvgIpc) is 2.43. The van der Waals surface area contributed by atoms with Gasteiger partial charge in [0.05, 0.1) is 0 Å². The number of unbranched alkanes of at least 4 members (excludes halogenated alkanes) is 5. The fraction of sp³-hybridized carbons (Fsp3) is 0.765. The Morgan fingerprint density at radius 2 is 1.32 bits per heavy atom. The van der Waals surface area contributed by atoms with E-state index in [4.69, 9.17) is 9.84 Å². The van der Waals surface area contributed by atoms with Crippen molar-refractivity contribution in [1.82, 2.24) is 0 Å². The van der Waals surface area contributed by atoms with E-state index in [1.165, 1.54) is 19.3 Å². The molecule has 0 amide bonds. The van der Waals surface area contributed by atoms with Crippen molar-refractivity contribution >= 4 is 0 Å². The Balaban J connectivity index is 3.11. The molecule has 0 aliphatic heterocycles. The van der Waals surface area contributed by atoms with Crippen LogP contribution in [0, 0.1) is 0 Å². The van der Waals surface area contributed by atoms with Crippen molar-refractivity contribution < 1.29 is 9.84 Å². The fourth-order valence-corrected chi connectivity index (χ4v) is 1.73. The first-order valence-electron chi connectivity index (χ1n) is 7.90. The van der Waals surface area contributed by atoms with Gasteiger partial charge >= 0.3 is 0 Å². The Bertz CT molecular complexity index is 209. The van der Waals surface area contributed by atoms with Crippen molar-refractivity contribution in [3.63, 3.8) is 0 Å². The van der Waals surface area contributed by atoms with Crippen molar-refractivity contribution in [3.8, 4) is 0 Å². The molecule has 0 aliphatic carbocycles. The highest BCUT2D eigenvalue weighted by molar-refractivity contribution is 4.87. The van der Waals surface area contributed by atoms with E-state index in [0.29, 0.717) is 6.61 Å². The summed E-state index contributed by atoms with van der Waals surface area (Å²) in [7, 11) is 0. The highest BCUT2D eigenvalue weighted by atomic mass is 16.5. The van der Waals surface area contributed by atoms with Crippen LogP contribution in [0.5, 0.6) is 0 Å². The summed E-state index contributed by atoms with van der Waals surface area (Å²) in [6, 6.07) is 0. The van der Waals surface area contributed by atoms with Gasteiger partial charge < -0.3 is 9.84 Å². The monoisotopic (exact) mass is 268 g/mol. The minimum atomic E-state index is 0.296. The van der Waals surface area contributed by atoms with E-state index >= 15 is 0 Å². The molecule has 0 heterocycles. The number of hydrogen-bond donors (Lipinski definition) is 1. The normalized spacial score (nSPS) is 11.9. The van der Waals surface area contributed by atoms with Gasteiger partial charge in [0.1, 0.15) is 0 Å². The summed E-state index contributed by atoms with van der Waals surface area (Å²) in [5.74, 6) is 0. The predicted octanol–water partition coefficient (Wildman–Crippen LogP) is 4.64. The Labute approximate surface area is 119 Å². The highest BCUT2D eigenvalue weighted by Gasteiger charge is 1.88. The third-order valence-electron chi connectivity index (χ3n) is 2.91. The van der Waals surface area contributed by atoms with Crippen LogP contribution in [0.2, 0.25) is 0 Å². The van der Waals surface area contributed by atoms with Gasteiger partial charge in [-0.2, -0.15) is 0 Å². The number of ether oxygens (including phenoxy) is 1. The summed E-state index contributed by atoms with van der Waals surface area (Å²) in [5, 5.41) is 8.61. The zero-order valence-electron chi connectivity index (χ0n) is 12.7. The summed E-state index contributed by atoms with van der Waals surface area (Å²) in [6.07, 6.45) is 19.0. The minimum absolute atomic E-state index is 0.296. The van der Waals surface area contributed by atoms with Crippen LogP contribution in [0.1, 0.15) is 64.7 Å². The zero-order chi connectivity index (χ0) is 14.0. The molecule has 0 atom stereocenters. The lowest BCUT2D eigenvalue weighted by Crippen LogP contribution is -1.96. The maximum absolute atomic E-state index is 8.61. The van der Waals surface area contributed by atoms with Crippen LogP contribution in [-0.4, -0.2) is 24.9 Å². The molecular formula is C17H32O2. The van der Waals surface area contributed by atoms with Gasteiger partial charge in [0.2, 0.25) is 0 Å². The second-order valence-corrected chi connectivity index (χ2v) is 4.85. The van der Waals surface area contributed by atoms with Crippen LogP contribution in [0.25, 0.3) is 0 Å². The van der Waals surface area contributed by atoms with Crippen LogP contribution in [0.4, 0.5) is 0 Å². The molecular weight excluding hydrogens is 236 g/mol. The van der Waals surface area contributed by atoms with Gasteiger partial charge in [0, 0.05) is 19.8 Å². The van der Waals surface area contributed by atoms with E-state index in [-0.39, 0.29) is 0 Å². The molecule has 0 saturated carbocycles. The third kappa shape index (κ3) is 17.4. The van der Waals surface area contributed by atoms with Gasteiger partial charge in [-0.1, -0.05) is 44.1 Å². The van der Waals surface area contributed by atoms with Crippen molar-refractivity contribution in [2.45, 2.75) is 64.7 Å². The molecule has 1 N–H and O–H groups in total. The van der Waals surface area contributed by atoms with Crippen LogP contribution in [-0.2, 0) is 4.74 Å². The Morgan fingerprint density at radius 3 is 1.95 bits per heavy atom. The van der Waals surface area contributed by atoms with E-state index in [2.05, 4.69) is 31.2 Å². The molecule has 0 saturated heterocycles. The molecule has 0 fully saturated rings. The Morgan fingerprint density at radius 1 is 0.737 bits per heavy atom. The molecule has 2 nitrogen and oxygen atoms in total. The molecule has 2 heteroatoms. The van der Waals surface area contributed by atoms with Crippen molar-refractivity contribution in [1.29, 1.82) is 0 Å². The number of hydrogen-bond acceptors (Lipinski definition) is 2. The molecule has 0 aliphatic rings. The summed E-state index contributed by atoms with van der Waals surface area (Å²) < 4.78 is 5.55. The van der Waals surface area contributed by atoms with Gasteiger partial charge in [-0.3, -0.25) is 0 Å². The molecule has 0 unspecified atom stereocenters. The van der Waals surface area contributed by atoms with Crippen molar-refractivity contribution in [3.05, 3.63) is 24.3 Å². The van der Waals surface area contributed by atoms with E-state index in [1.807, 2.05) is 0 Å². The maximum Gasteiger partial charge on any atom is 0.0468 e. The minimum Gasteiger partial charge on any atom is -0.396 e. The lowest BCUT2D eigenvalue weighted by molar-refractivity contribution is 0.128. The van der Waals surface area contributed by atoms with E-state index in [1.54, 1.807) is 0 Å². The van der Waals surface area contributed by atoms with Gasteiger partial charge in [-0.25, -0.2) is 0 Å². The van der Waals surface area contributed by atoms with Gasteiger partial charge in [0.15, 0.2) is 0 Å².